The van der Waals surface area contributed by atoms with Crippen molar-refractivity contribution in [2.75, 3.05) is 26.3 Å². The third-order valence-corrected chi connectivity index (χ3v) is 5.04. The second kappa shape index (κ2) is 7.68. The molecule has 1 fully saturated rings. The van der Waals surface area contributed by atoms with Gasteiger partial charge in [0.25, 0.3) is 0 Å². The molecule has 0 spiro atoms. The number of nitrogens with zero attached hydrogens (tertiary/aromatic N) is 2. The van der Waals surface area contributed by atoms with Crippen molar-refractivity contribution in [1.29, 1.82) is 0 Å². The van der Waals surface area contributed by atoms with E-state index in [2.05, 4.69) is 4.98 Å². The molecule has 0 N–H and O–H groups in total. The maximum Gasteiger partial charge on any atom is 0.246 e. The van der Waals surface area contributed by atoms with Gasteiger partial charge < -0.3 is 14.4 Å². The predicted octanol–water partition coefficient (Wildman–Crippen LogP) is 3.96. The maximum atomic E-state index is 12.1. The zero-order chi connectivity index (χ0) is 17.8. The SMILES string of the molecule is O=C(/C=C/c1ccc(Oc2cncc3sccc23)cc1)N1CCOCC1. The standard InChI is InChI=1S/C20H18N2O3S/c23-20(22-8-10-24-11-9-22)6-3-15-1-4-16(5-2-15)25-18-13-21-14-19-17(18)7-12-26-19/h1-7,12-14H,8-11H2/b6-3+. The molecular weight excluding hydrogens is 348 g/mol. The summed E-state index contributed by atoms with van der Waals surface area (Å²) in [4.78, 5) is 18.1. The van der Waals surface area contributed by atoms with Crippen molar-refractivity contribution in [2.45, 2.75) is 0 Å². The Morgan fingerprint density at radius 1 is 1.15 bits per heavy atom. The quantitative estimate of drug-likeness (QED) is 0.656. The number of amides is 1. The molecule has 1 aromatic carbocycles. The Morgan fingerprint density at radius 3 is 2.77 bits per heavy atom. The van der Waals surface area contributed by atoms with E-state index < -0.39 is 0 Å². The average molecular weight is 366 g/mol. The van der Waals surface area contributed by atoms with Gasteiger partial charge in [0.1, 0.15) is 5.75 Å². The topological polar surface area (TPSA) is 51.7 Å². The number of hydrogen-bond acceptors (Lipinski definition) is 5. The molecule has 0 saturated carbocycles. The minimum absolute atomic E-state index is 0.0174. The highest BCUT2D eigenvalue weighted by atomic mass is 32.1. The number of thiophene rings is 1. The van der Waals surface area contributed by atoms with Crippen molar-refractivity contribution in [3.8, 4) is 11.5 Å². The molecule has 2 aromatic heterocycles. The summed E-state index contributed by atoms with van der Waals surface area (Å²) in [5.41, 5.74) is 0.950. The molecule has 1 aliphatic rings. The number of fused-ring (bicyclic) bond motifs is 1. The number of benzene rings is 1. The molecular formula is C20H18N2O3S. The molecule has 0 radical (unpaired) electrons. The second-order valence-corrected chi connectivity index (χ2v) is 6.86. The van der Waals surface area contributed by atoms with Crippen LogP contribution in [0, 0.1) is 0 Å². The van der Waals surface area contributed by atoms with Gasteiger partial charge >= 0.3 is 0 Å². The summed E-state index contributed by atoms with van der Waals surface area (Å²) in [6.07, 6.45) is 7.00. The summed E-state index contributed by atoms with van der Waals surface area (Å²) < 4.78 is 12.3. The van der Waals surface area contributed by atoms with Crippen LogP contribution in [0.1, 0.15) is 5.56 Å². The molecule has 1 aliphatic heterocycles. The molecule has 6 heteroatoms. The Kier molecular flexibility index (Phi) is 4.95. The molecule has 3 aromatic rings. The molecule has 0 bridgehead atoms. The first-order chi connectivity index (χ1) is 12.8. The molecule has 0 aliphatic carbocycles. The lowest BCUT2D eigenvalue weighted by atomic mass is 10.2. The molecule has 5 nitrogen and oxygen atoms in total. The van der Waals surface area contributed by atoms with E-state index in [0.717, 1.165) is 27.1 Å². The van der Waals surface area contributed by atoms with E-state index >= 15 is 0 Å². The van der Waals surface area contributed by atoms with E-state index in [1.165, 1.54) is 0 Å². The van der Waals surface area contributed by atoms with Crippen LogP contribution in [-0.2, 0) is 9.53 Å². The molecule has 0 atom stereocenters. The van der Waals surface area contributed by atoms with E-state index in [9.17, 15) is 4.79 Å². The van der Waals surface area contributed by atoms with Crippen molar-refractivity contribution < 1.29 is 14.3 Å². The summed E-state index contributed by atoms with van der Waals surface area (Å²) in [5.74, 6) is 1.50. The molecule has 26 heavy (non-hydrogen) atoms. The van der Waals surface area contributed by atoms with E-state index in [1.54, 1.807) is 28.5 Å². The number of hydrogen-bond donors (Lipinski definition) is 0. The van der Waals surface area contributed by atoms with Gasteiger partial charge in [-0.05, 0) is 35.2 Å². The van der Waals surface area contributed by atoms with Crippen LogP contribution >= 0.6 is 11.3 Å². The van der Waals surface area contributed by atoms with Crippen LogP contribution in [0.4, 0.5) is 0 Å². The van der Waals surface area contributed by atoms with Gasteiger partial charge in [-0.3, -0.25) is 9.78 Å². The van der Waals surface area contributed by atoms with Gasteiger partial charge in [-0.2, -0.15) is 0 Å². The lowest BCUT2D eigenvalue weighted by Gasteiger charge is -2.25. The molecule has 1 saturated heterocycles. The monoisotopic (exact) mass is 366 g/mol. The zero-order valence-electron chi connectivity index (χ0n) is 14.1. The fraction of sp³-hybridized carbons (Fsp3) is 0.200. The number of morpholine rings is 1. The summed E-state index contributed by atoms with van der Waals surface area (Å²) in [6.45, 7) is 2.52. The van der Waals surface area contributed by atoms with E-state index in [1.807, 2.05) is 48.0 Å². The summed E-state index contributed by atoms with van der Waals surface area (Å²) in [7, 11) is 0. The highest BCUT2D eigenvalue weighted by molar-refractivity contribution is 7.17. The number of pyridine rings is 1. The Bertz CT molecular complexity index is 928. The van der Waals surface area contributed by atoms with E-state index in [-0.39, 0.29) is 5.91 Å². The van der Waals surface area contributed by atoms with Gasteiger partial charge in [0.15, 0.2) is 5.75 Å². The minimum atomic E-state index is 0.0174. The van der Waals surface area contributed by atoms with Crippen LogP contribution in [-0.4, -0.2) is 42.1 Å². The fourth-order valence-electron chi connectivity index (χ4n) is 2.78. The van der Waals surface area contributed by atoms with Gasteiger partial charge in [0.05, 0.1) is 24.1 Å². The molecule has 1 amide bonds. The largest absolute Gasteiger partial charge is 0.455 e. The van der Waals surface area contributed by atoms with Gasteiger partial charge in [-0.1, -0.05) is 12.1 Å². The van der Waals surface area contributed by atoms with Crippen LogP contribution in [0.3, 0.4) is 0 Å². The Hall–Kier alpha value is -2.70. The highest BCUT2D eigenvalue weighted by Gasteiger charge is 2.13. The first-order valence-electron chi connectivity index (χ1n) is 8.43. The van der Waals surface area contributed by atoms with E-state index in [0.29, 0.717) is 26.3 Å². The van der Waals surface area contributed by atoms with Crippen LogP contribution < -0.4 is 4.74 Å². The summed E-state index contributed by atoms with van der Waals surface area (Å²) >= 11 is 1.64. The van der Waals surface area contributed by atoms with E-state index in [4.69, 9.17) is 9.47 Å². The average Bonchev–Trinajstić information content (AvgIpc) is 3.18. The summed E-state index contributed by atoms with van der Waals surface area (Å²) in [5, 5.41) is 3.09. The van der Waals surface area contributed by atoms with Gasteiger partial charge in [0.2, 0.25) is 5.91 Å². The van der Waals surface area contributed by atoms with Crippen molar-refractivity contribution in [2.24, 2.45) is 0 Å². The van der Waals surface area contributed by atoms with Crippen molar-refractivity contribution in [1.82, 2.24) is 9.88 Å². The van der Waals surface area contributed by atoms with Gasteiger partial charge in [-0.15, -0.1) is 11.3 Å². The lowest BCUT2D eigenvalue weighted by Crippen LogP contribution is -2.39. The highest BCUT2D eigenvalue weighted by Crippen LogP contribution is 2.31. The Morgan fingerprint density at radius 2 is 1.96 bits per heavy atom. The zero-order valence-corrected chi connectivity index (χ0v) is 14.9. The molecule has 0 unspecified atom stereocenters. The molecule has 4 rings (SSSR count). The van der Waals surface area contributed by atoms with Crippen LogP contribution in [0.5, 0.6) is 11.5 Å². The smallest absolute Gasteiger partial charge is 0.246 e. The lowest BCUT2D eigenvalue weighted by molar-refractivity contribution is -0.129. The Labute approximate surface area is 155 Å². The third kappa shape index (κ3) is 3.76. The van der Waals surface area contributed by atoms with Crippen LogP contribution in [0.15, 0.2) is 54.2 Å². The van der Waals surface area contributed by atoms with Gasteiger partial charge in [-0.25, -0.2) is 0 Å². The third-order valence-electron chi connectivity index (χ3n) is 4.19. The fourth-order valence-corrected chi connectivity index (χ4v) is 3.55. The minimum Gasteiger partial charge on any atom is -0.455 e. The van der Waals surface area contributed by atoms with Crippen LogP contribution in [0.25, 0.3) is 16.2 Å². The number of carbonyl (C=O) groups is 1. The normalized spacial score (nSPS) is 14.8. The number of carbonyl (C=O) groups excluding carboxylic acids is 1. The number of aromatic nitrogens is 1. The van der Waals surface area contributed by atoms with Crippen molar-refractivity contribution >= 4 is 33.4 Å². The first kappa shape index (κ1) is 16.8. The summed E-state index contributed by atoms with van der Waals surface area (Å²) in [6, 6.07) is 9.68. The number of ether oxygens (including phenoxy) is 2. The maximum absolute atomic E-state index is 12.1. The molecule has 3 heterocycles. The first-order valence-corrected chi connectivity index (χ1v) is 9.31. The second-order valence-electron chi connectivity index (χ2n) is 5.91. The Balaban J connectivity index is 1.42. The predicted molar refractivity (Wildman–Crippen MR) is 103 cm³/mol. The molecule has 132 valence electrons. The van der Waals surface area contributed by atoms with Crippen LogP contribution in [0.2, 0.25) is 0 Å². The van der Waals surface area contributed by atoms with Crippen molar-refractivity contribution in [3.63, 3.8) is 0 Å². The number of rotatable bonds is 4. The van der Waals surface area contributed by atoms with Gasteiger partial charge in [0, 0.05) is 30.7 Å². The van der Waals surface area contributed by atoms with Crippen molar-refractivity contribution in [3.05, 3.63) is 59.7 Å².